The van der Waals surface area contributed by atoms with E-state index in [-0.39, 0.29) is 11.9 Å². The van der Waals surface area contributed by atoms with Gasteiger partial charge in [-0.25, -0.2) is 0 Å². The molecule has 21 heavy (non-hydrogen) atoms. The summed E-state index contributed by atoms with van der Waals surface area (Å²) in [5.41, 5.74) is 4.65. The second kappa shape index (κ2) is 5.72. The zero-order valence-electron chi connectivity index (χ0n) is 12.7. The molecule has 1 atom stereocenters. The quantitative estimate of drug-likeness (QED) is 0.809. The number of rotatable bonds is 2. The topological polar surface area (TPSA) is 20.3 Å². The summed E-state index contributed by atoms with van der Waals surface area (Å²) in [6.45, 7) is 2.04. The molecule has 0 unspecified atom stereocenters. The van der Waals surface area contributed by atoms with Crippen molar-refractivity contribution >= 4 is 5.91 Å². The Morgan fingerprint density at radius 2 is 1.81 bits per heavy atom. The predicted octanol–water partition coefficient (Wildman–Crippen LogP) is 4.14. The Bertz CT molecular complexity index is 645. The molecule has 0 heterocycles. The van der Waals surface area contributed by atoms with E-state index in [1.165, 1.54) is 16.7 Å². The summed E-state index contributed by atoms with van der Waals surface area (Å²) in [7, 11) is 1.93. The third-order valence-corrected chi connectivity index (χ3v) is 4.42. The molecular formula is C19H21NO. The minimum atomic E-state index is 0.108. The number of nitrogens with zero attached hydrogens (tertiary/aromatic N) is 1. The molecule has 0 aromatic heterocycles. The number of aryl methyl sites for hydroxylation is 2. The number of hydrogen-bond donors (Lipinski definition) is 0. The molecule has 0 saturated heterocycles. The Morgan fingerprint density at radius 3 is 2.57 bits per heavy atom. The number of amides is 1. The number of fused-ring (bicyclic) bond motifs is 1. The van der Waals surface area contributed by atoms with Crippen molar-refractivity contribution in [3.05, 3.63) is 70.8 Å². The smallest absolute Gasteiger partial charge is 0.254 e. The first kappa shape index (κ1) is 13.9. The van der Waals surface area contributed by atoms with E-state index in [9.17, 15) is 4.79 Å². The summed E-state index contributed by atoms with van der Waals surface area (Å²) >= 11 is 0. The van der Waals surface area contributed by atoms with Gasteiger partial charge >= 0.3 is 0 Å². The first-order valence-corrected chi connectivity index (χ1v) is 7.58. The van der Waals surface area contributed by atoms with Gasteiger partial charge in [0.2, 0.25) is 0 Å². The van der Waals surface area contributed by atoms with Crippen LogP contribution in [-0.2, 0) is 6.42 Å². The van der Waals surface area contributed by atoms with Crippen LogP contribution in [0.2, 0.25) is 0 Å². The zero-order chi connectivity index (χ0) is 14.8. The minimum Gasteiger partial charge on any atom is -0.335 e. The van der Waals surface area contributed by atoms with E-state index in [0.29, 0.717) is 0 Å². The highest BCUT2D eigenvalue weighted by Crippen LogP contribution is 2.34. The number of benzene rings is 2. The van der Waals surface area contributed by atoms with Crippen LogP contribution in [0.1, 0.15) is 45.9 Å². The minimum absolute atomic E-state index is 0.108. The maximum atomic E-state index is 12.7. The van der Waals surface area contributed by atoms with Gasteiger partial charge in [-0.05, 0) is 49.4 Å². The van der Waals surface area contributed by atoms with Gasteiger partial charge in [0.05, 0.1) is 6.04 Å². The molecule has 0 aliphatic heterocycles. The lowest BCUT2D eigenvalue weighted by molar-refractivity contribution is 0.0715. The molecule has 1 aliphatic carbocycles. The van der Waals surface area contributed by atoms with Gasteiger partial charge in [0.25, 0.3) is 5.91 Å². The number of carbonyl (C=O) groups excluding carboxylic acids is 1. The summed E-state index contributed by atoms with van der Waals surface area (Å²) in [4.78, 5) is 14.6. The largest absolute Gasteiger partial charge is 0.335 e. The van der Waals surface area contributed by atoms with Crippen molar-refractivity contribution < 1.29 is 4.79 Å². The Labute approximate surface area is 126 Å². The molecule has 1 amide bonds. The predicted molar refractivity (Wildman–Crippen MR) is 85.4 cm³/mol. The molecule has 108 valence electrons. The van der Waals surface area contributed by atoms with E-state index in [2.05, 4.69) is 24.3 Å². The van der Waals surface area contributed by atoms with Crippen LogP contribution < -0.4 is 0 Å². The van der Waals surface area contributed by atoms with E-state index in [4.69, 9.17) is 0 Å². The van der Waals surface area contributed by atoms with E-state index in [1.54, 1.807) is 0 Å². The molecule has 2 aromatic carbocycles. The fourth-order valence-electron chi connectivity index (χ4n) is 3.17. The van der Waals surface area contributed by atoms with Crippen LogP contribution in [0.4, 0.5) is 0 Å². The van der Waals surface area contributed by atoms with Crippen LogP contribution in [-0.4, -0.2) is 17.9 Å². The van der Waals surface area contributed by atoms with E-state index in [0.717, 1.165) is 24.8 Å². The summed E-state index contributed by atoms with van der Waals surface area (Å²) in [6.07, 6.45) is 3.32. The molecule has 0 saturated carbocycles. The summed E-state index contributed by atoms with van der Waals surface area (Å²) in [5, 5.41) is 0. The van der Waals surface area contributed by atoms with Gasteiger partial charge in [-0.2, -0.15) is 0 Å². The average molecular weight is 279 g/mol. The lowest BCUT2D eigenvalue weighted by Crippen LogP contribution is -2.33. The second-order valence-electron chi connectivity index (χ2n) is 5.89. The molecule has 1 aliphatic rings. The second-order valence-corrected chi connectivity index (χ2v) is 5.89. The molecule has 0 spiro atoms. The normalized spacial score (nSPS) is 17.1. The van der Waals surface area contributed by atoms with Crippen molar-refractivity contribution in [2.75, 3.05) is 7.05 Å². The molecule has 2 aromatic rings. The molecule has 2 nitrogen and oxygen atoms in total. The third-order valence-electron chi connectivity index (χ3n) is 4.42. The van der Waals surface area contributed by atoms with Crippen LogP contribution >= 0.6 is 0 Å². The average Bonchev–Trinajstić information content (AvgIpc) is 2.53. The Hall–Kier alpha value is -2.09. The van der Waals surface area contributed by atoms with E-state index in [1.807, 2.05) is 43.1 Å². The van der Waals surface area contributed by atoms with Gasteiger partial charge in [-0.15, -0.1) is 0 Å². The van der Waals surface area contributed by atoms with Crippen LogP contribution in [0.3, 0.4) is 0 Å². The maximum Gasteiger partial charge on any atom is 0.254 e. The monoisotopic (exact) mass is 279 g/mol. The third kappa shape index (κ3) is 2.71. The highest BCUT2D eigenvalue weighted by atomic mass is 16.2. The van der Waals surface area contributed by atoms with Crippen LogP contribution in [0.5, 0.6) is 0 Å². The van der Waals surface area contributed by atoms with Crippen molar-refractivity contribution in [2.45, 2.75) is 32.2 Å². The van der Waals surface area contributed by atoms with Gasteiger partial charge in [-0.1, -0.05) is 42.0 Å². The highest BCUT2D eigenvalue weighted by Gasteiger charge is 2.26. The van der Waals surface area contributed by atoms with Crippen LogP contribution in [0.15, 0.2) is 48.5 Å². The Kier molecular flexibility index (Phi) is 3.78. The van der Waals surface area contributed by atoms with Crippen LogP contribution in [0.25, 0.3) is 0 Å². The fraction of sp³-hybridized carbons (Fsp3) is 0.316. The molecule has 2 heteroatoms. The highest BCUT2D eigenvalue weighted by molar-refractivity contribution is 5.94. The van der Waals surface area contributed by atoms with Crippen molar-refractivity contribution in [1.29, 1.82) is 0 Å². The van der Waals surface area contributed by atoms with E-state index >= 15 is 0 Å². The van der Waals surface area contributed by atoms with Gasteiger partial charge < -0.3 is 4.90 Å². The molecular weight excluding hydrogens is 258 g/mol. The lowest BCUT2D eigenvalue weighted by atomic mass is 9.87. The molecule has 0 radical (unpaired) electrons. The first-order valence-electron chi connectivity index (χ1n) is 7.58. The zero-order valence-corrected chi connectivity index (χ0v) is 12.7. The molecule has 3 rings (SSSR count). The number of hydrogen-bond acceptors (Lipinski definition) is 1. The summed E-state index contributed by atoms with van der Waals surface area (Å²) in [6, 6.07) is 16.5. The van der Waals surface area contributed by atoms with E-state index < -0.39 is 0 Å². The Balaban J connectivity index is 1.87. The first-order chi connectivity index (χ1) is 10.2. The van der Waals surface area contributed by atoms with Crippen LogP contribution in [0, 0.1) is 6.92 Å². The molecule has 0 bridgehead atoms. The van der Waals surface area contributed by atoms with Crippen molar-refractivity contribution in [3.63, 3.8) is 0 Å². The van der Waals surface area contributed by atoms with Gasteiger partial charge in [0.15, 0.2) is 0 Å². The standard InChI is InChI=1S/C19H21NO/c1-14-10-12-16(13-11-14)19(21)20(2)18-9-5-7-15-6-3-4-8-17(15)18/h3-4,6,8,10-13,18H,5,7,9H2,1-2H3/t18-/m0/s1. The summed E-state index contributed by atoms with van der Waals surface area (Å²) in [5.74, 6) is 0.108. The van der Waals surface area contributed by atoms with Gasteiger partial charge in [0.1, 0.15) is 0 Å². The van der Waals surface area contributed by atoms with Crippen molar-refractivity contribution in [2.24, 2.45) is 0 Å². The molecule has 0 N–H and O–H groups in total. The van der Waals surface area contributed by atoms with Crippen molar-refractivity contribution in [3.8, 4) is 0 Å². The maximum absolute atomic E-state index is 12.7. The van der Waals surface area contributed by atoms with Gasteiger partial charge in [-0.3, -0.25) is 4.79 Å². The SMILES string of the molecule is Cc1ccc(C(=O)N(C)[C@H]2CCCc3ccccc32)cc1. The number of carbonyl (C=O) groups is 1. The molecule has 0 fully saturated rings. The lowest BCUT2D eigenvalue weighted by Gasteiger charge is -2.33. The fourth-order valence-corrected chi connectivity index (χ4v) is 3.17. The van der Waals surface area contributed by atoms with Gasteiger partial charge in [0, 0.05) is 12.6 Å². The summed E-state index contributed by atoms with van der Waals surface area (Å²) < 4.78 is 0. The van der Waals surface area contributed by atoms with Crippen molar-refractivity contribution in [1.82, 2.24) is 4.90 Å². The Morgan fingerprint density at radius 1 is 1.10 bits per heavy atom.